The largest absolute Gasteiger partial charge is 0.312 e. The summed E-state index contributed by atoms with van der Waals surface area (Å²) >= 11 is 0. The molecule has 0 aliphatic carbocycles. The first-order valence-corrected chi connectivity index (χ1v) is 7.20. The van der Waals surface area contributed by atoms with E-state index in [4.69, 9.17) is 0 Å². The molecule has 2 nitrogen and oxygen atoms in total. The molecule has 0 fully saturated rings. The molecule has 1 rings (SSSR count). The van der Waals surface area contributed by atoms with Crippen molar-refractivity contribution < 1.29 is 0 Å². The first kappa shape index (κ1) is 15.2. The number of hydrogen-bond donors (Lipinski definition) is 1. The van der Waals surface area contributed by atoms with Crippen LogP contribution in [0.25, 0.3) is 0 Å². The fraction of sp³-hybridized carbons (Fsp3) is 0.625. The van der Waals surface area contributed by atoms with Gasteiger partial charge in [-0.1, -0.05) is 50.6 Å². The molecule has 2 atom stereocenters. The molecular weight excluding hydrogens is 220 g/mol. The quantitative estimate of drug-likeness (QED) is 0.758. The molecule has 0 bridgehead atoms. The van der Waals surface area contributed by atoms with Crippen LogP contribution >= 0.6 is 0 Å². The summed E-state index contributed by atoms with van der Waals surface area (Å²) in [6, 6.07) is 11.7. The molecule has 0 aliphatic rings. The fourth-order valence-corrected chi connectivity index (χ4v) is 2.57. The Hall–Kier alpha value is -0.860. The molecule has 0 aromatic heterocycles. The third-order valence-corrected chi connectivity index (χ3v) is 3.73. The average molecular weight is 248 g/mol. The standard InChI is InChI=1S/C16H28N2/c1-5-7-13-18(6-2)14(3)16(17-4)15-11-9-8-10-12-15/h8-12,14,16-17H,5-7,13H2,1-4H3. The van der Waals surface area contributed by atoms with Gasteiger partial charge in [-0.05, 0) is 39.0 Å². The summed E-state index contributed by atoms with van der Waals surface area (Å²) in [5.74, 6) is 0. The predicted octanol–water partition coefficient (Wildman–Crippen LogP) is 3.46. The van der Waals surface area contributed by atoms with Crippen LogP contribution in [-0.2, 0) is 0 Å². The van der Waals surface area contributed by atoms with Crippen molar-refractivity contribution in [3.63, 3.8) is 0 Å². The Labute approximate surface area is 112 Å². The summed E-state index contributed by atoms with van der Waals surface area (Å²) in [7, 11) is 2.06. The molecule has 0 spiro atoms. The van der Waals surface area contributed by atoms with E-state index in [0.29, 0.717) is 12.1 Å². The zero-order valence-corrected chi connectivity index (χ0v) is 12.3. The van der Waals surface area contributed by atoms with Crippen molar-refractivity contribution in [2.45, 2.75) is 45.7 Å². The molecule has 0 saturated carbocycles. The number of nitrogens with one attached hydrogen (secondary N) is 1. The van der Waals surface area contributed by atoms with Crippen LogP contribution in [0, 0.1) is 0 Å². The Bertz CT molecular complexity index is 310. The Morgan fingerprint density at radius 3 is 2.33 bits per heavy atom. The van der Waals surface area contributed by atoms with Gasteiger partial charge in [0, 0.05) is 12.1 Å². The third kappa shape index (κ3) is 4.11. The third-order valence-electron chi connectivity index (χ3n) is 3.73. The second-order valence-corrected chi connectivity index (χ2v) is 4.90. The molecule has 0 radical (unpaired) electrons. The average Bonchev–Trinajstić information content (AvgIpc) is 2.42. The van der Waals surface area contributed by atoms with Gasteiger partial charge in [0.1, 0.15) is 0 Å². The first-order chi connectivity index (χ1) is 8.74. The number of likely N-dealkylation sites (N-methyl/N-ethyl adjacent to an activating group) is 2. The maximum atomic E-state index is 3.47. The van der Waals surface area contributed by atoms with Crippen molar-refractivity contribution in [1.82, 2.24) is 10.2 Å². The Morgan fingerprint density at radius 1 is 1.17 bits per heavy atom. The Kier molecular flexibility index (Phi) is 6.99. The lowest BCUT2D eigenvalue weighted by atomic mass is 9.99. The highest BCUT2D eigenvalue weighted by molar-refractivity contribution is 5.20. The minimum absolute atomic E-state index is 0.406. The van der Waals surface area contributed by atoms with Crippen LogP contribution in [0.3, 0.4) is 0 Å². The monoisotopic (exact) mass is 248 g/mol. The van der Waals surface area contributed by atoms with Crippen molar-refractivity contribution in [3.05, 3.63) is 35.9 Å². The summed E-state index contributed by atoms with van der Waals surface area (Å²) < 4.78 is 0. The number of rotatable bonds is 8. The van der Waals surface area contributed by atoms with Crippen molar-refractivity contribution >= 4 is 0 Å². The highest BCUT2D eigenvalue weighted by Crippen LogP contribution is 2.20. The second-order valence-electron chi connectivity index (χ2n) is 4.90. The lowest BCUT2D eigenvalue weighted by Gasteiger charge is -2.34. The van der Waals surface area contributed by atoms with Gasteiger partial charge in [-0.3, -0.25) is 4.90 Å². The molecule has 1 aromatic rings. The zero-order chi connectivity index (χ0) is 13.4. The van der Waals surface area contributed by atoms with Crippen molar-refractivity contribution in [3.8, 4) is 0 Å². The van der Waals surface area contributed by atoms with Crippen LogP contribution < -0.4 is 5.32 Å². The van der Waals surface area contributed by atoms with Crippen LogP contribution in [0.15, 0.2) is 30.3 Å². The predicted molar refractivity (Wildman–Crippen MR) is 79.9 cm³/mol. The molecule has 0 amide bonds. The first-order valence-electron chi connectivity index (χ1n) is 7.20. The SMILES string of the molecule is CCCCN(CC)C(C)C(NC)c1ccccc1. The minimum Gasteiger partial charge on any atom is -0.312 e. The van der Waals surface area contributed by atoms with Crippen LogP contribution in [0.5, 0.6) is 0 Å². The summed E-state index contributed by atoms with van der Waals surface area (Å²) in [5, 5.41) is 3.47. The Balaban J connectivity index is 2.74. The van der Waals surface area contributed by atoms with E-state index in [1.165, 1.54) is 24.9 Å². The molecule has 0 aliphatic heterocycles. The summed E-state index contributed by atoms with van der Waals surface area (Å²) in [6.07, 6.45) is 2.54. The van der Waals surface area contributed by atoms with Gasteiger partial charge in [0.15, 0.2) is 0 Å². The Morgan fingerprint density at radius 2 is 1.83 bits per heavy atom. The van der Waals surface area contributed by atoms with E-state index < -0.39 is 0 Å². The van der Waals surface area contributed by atoms with Crippen molar-refractivity contribution in [1.29, 1.82) is 0 Å². The maximum absolute atomic E-state index is 3.47. The van der Waals surface area contributed by atoms with Gasteiger partial charge < -0.3 is 5.32 Å². The van der Waals surface area contributed by atoms with Gasteiger partial charge in [-0.15, -0.1) is 0 Å². The molecule has 1 aromatic carbocycles. The van der Waals surface area contributed by atoms with Gasteiger partial charge in [0.2, 0.25) is 0 Å². The number of nitrogens with zero attached hydrogens (tertiary/aromatic N) is 1. The summed E-state index contributed by atoms with van der Waals surface area (Å²) in [6.45, 7) is 9.15. The fourth-order valence-electron chi connectivity index (χ4n) is 2.57. The maximum Gasteiger partial charge on any atom is 0.0473 e. The van der Waals surface area contributed by atoms with Crippen molar-refractivity contribution in [2.75, 3.05) is 20.1 Å². The molecule has 2 unspecified atom stereocenters. The molecule has 18 heavy (non-hydrogen) atoms. The molecular formula is C16H28N2. The van der Waals surface area contributed by atoms with E-state index in [1.807, 2.05) is 0 Å². The highest BCUT2D eigenvalue weighted by Gasteiger charge is 2.22. The molecule has 0 heterocycles. The van der Waals surface area contributed by atoms with Gasteiger partial charge in [-0.25, -0.2) is 0 Å². The van der Waals surface area contributed by atoms with Gasteiger partial charge >= 0.3 is 0 Å². The second kappa shape index (κ2) is 8.28. The van der Waals surface area contributed by atoms with E-state index >= 15 is 0 Å². The van der Waals surface area contributed by atoms with E-state index in [2.05, 4.69) is 68.4 Å². The van der Waals surface area contributed by atoms with Crippen LogP contribution in [0.2, 0.25) is 0 Å². The molecule has 102 valence electrons. The topological polar surface area (TPSA) is 15.3 Å². The minimum atomic E-state index is 0.406. The molecule has 2 heteroatoms. The van der Waals surface area contributed by atoms with Gasteiger partial charge in [0.05, 0.1) is 0 Å². The number of benzene rings is 1. The van der Waals surface area contributed by atoms with Crippen LogP contribution in [0.1, 0.15) is 45.2 Å². The normalized spacial score (nSPS) is 14.7. The lowest BCUT2D eigenvalue weighted by molar-refractivity contribution is 0.178. The van der Waals surface area contributed by atoms with E-state index in [1.54, 1.807) is 0 Å². The summed E-state index contributed by atoms with van der Waals surface area (Å²) in [5.41, 5.74) is 1.38. The number of unbranched alkanes of at least 4 members (excludes halogenated alkanes) is 1. The molecule has 0 saturated heterocycles. The smallest absolute Gasteiger partial charge is 0.0473 e. The lowest BCUT2D eigenvalue weighted by Crippen LogP contribution is -2.42. The highest BCUT2D eigenvalue weighted by atomic mass is 15.2. The van der Waals surface area contributed by atoms with E-state index in [9.17, 15) is 0 Å². The van der Waals surface area contributed by atoms with E-state index in [0.717, 1.165) is 6.54 Å². The van der Waals surface area contributed by atoms with Crippen LogP contribution in [0.4, 0.5) is 0 Å². The number of hydrogen-bond acceptors (Lipinski definition) is 2. The van der Waals surface area contributed by atoms with Crippen molar-refractivity contribution in [2.24, 2.45) is 0 Å². The molecule has 1 N–H and O–H groups in total. The van der Waals surface area contributed by atoms with Gasteiger partial charge in [0.25, 0.3) is 0 Å². The summed E-state index contributed by atoms with van der Waals surface area (Å²) in [4.78, 5) is 2.57. The zero-order valence-electron chi connectivity index (χ0n) is 12.3. The van der Waals surface area contributed by atoms with Crippen LogP contribution in [-0.4, -0.2) is 31.1 Å². The van der Waals surface area contributed by atoms with Gasteiger partial charge in [-0.2, -0.15) is 0 Å². The van der Waals surface area contributed by atoms with E-state index in [-0.39, 0.29) is 0 Å².